The molecule has 2 aliphatic rings. The average molecular weight is 736 g/mol. The van der Waals surface area contributed by atoms with Crippen LogP contribution < -0.4 is 4.90 Å². The first-order valence-corrected chi connectivity index (χ1v) is 20.5. The van der Waals surface area contributed by atoms with Gasteiger partial charge in [-0.25, -0.2) is 0 Å². The summed E-state index contributed by atoms with van der Waals surface area (Å²) in [6.45, 7) is 9.44. The maximum absolute atomic E-state index is 2.47. The second kappa shape index (κ2) is 12.1. The Labute approximate surface area is 333 Å². The molecule has 0 amide bonds. The lowest BCUT2D eigenvalue weighted by molar-refractivity contribution is 0.660. The number of fused-ring (bicyclic) bond motifs is 9. The first-order valence-electron chi connectivity index (χ1n) is 19.7. The van der Waals surface area contributed by atoms with Crippen molar-refractivity contribution in [3.63, 3.8) is 0 Å². The topological polar surface area (TPSA) is 3.24 Å². The Morgan fingerprint density at radius 1 is 0.375 bits per heavy atom. The molecule has 0 aliphatic heterocycles. The van der Waals surface area contributed by atoms with Crippen molar-refractivity contribution in [1.29, 1.82) is 0 Å². The quantitative estimate of drug-likeness (QED) is 0.170. The molecular formula is C54H41NS. The van der Waals surface area contributed by atoms with Crippen LogP contribution in [-0.4, -0.2) is 0 Å². The van der Waals surface area contributed by atoms with Crippen LogP contribution in [0.1, 0.15) is 49.9 Å². The van der Waals surface area contributed by atoms with Crippen LogP contribution in [0.15, 0.2) is 176 Å². The summed E-state index contributed by atoms with van der Waals surface area (Å²) in [6, 6.07) is 65.6. The number of benzene rings is 8. The van der Waals surface area contributed by atoms with Crippen molar-refractivity contribution in [3.05, 3.63) is 198 Å². The summed E-state index contributed by atoms with van der Waals surface area (Å²) in [7, 11) is 0. The number of thiophene rings is 1. The summed E-state index contributed by atoms with van der Waals surface area (Å²) in [4.78, 5) is 2.47. The Bertz CT molecular complexity index is 3010. The van der Waals surface area contributed by atoms with Crippen molar-refractivity contribution < 1.29 is 0 Å². The van der Waals surface area contributed by atoms with E-state index in [-0.39, 0.29) is 10.8 Å². The van der Waals surface area contributed by atoms with Gasteiger partial charge in [0.25, 0.3) is 0 Å². The lowest BCUT2D eigenvalue weighted by atomic mass is 9.82. The van der Waals surface area contributed by atoms with Gasteiger partial charge in [0.15, 0.2) is 0 Å². The monoisotopic (exact) mass is 735 g/mol. The van der Waals surface area contributed by atoms with E-state index in [1.54, 1.807) is 0 Å². The van der Waals surface area contributed by atoms with E-state index in [4.69, 9.17) is 0 Å². The zero-order valence-corrected chi connectivity index (χ0v) is 32.9. The second-order valence-corrected chi connectivity index (χ2v) is 17.5. The van der Waals surface area contributed by atoms with E-state index in [1.165, 1.54) is 92.6 Å². The number of anilines is 3. The molecule has 2 heteroatoms. The minimum atomic E-state index is -0.0952. The third kappa shape index (κ3) is 4.72. The van der Waals surface area contributed by atoms with Crippen LogP contribution in [-0.2, 0) is 10.8 Å². The van der Waals surface area contributed by atoms with Crippen molar-refractivity contribution in [2.24, 2.45) is 0 Å². The van der Waals surface area contributed by atoms with Crippen LogP contribution in [0.2, 0.25) is 0 Å². The molecule has 0 unspecified atom stereocenters. The summed E-state index contributed by atoms with van der Waals surface area (Å²) in [6.07, 6.45) is 0. The molecule has 9 aromatic rings. The fourth-order valence-corrected chi connectivity index (χ4v) is 11.1. The molecule has 1 heterocycles. The van der Waals surface area contributed by atoms with Gasteiger partial charge >= 0.3 is 0 Å². The molecule has 0 fully saturated rings. The lowest BCUT2D eigenvalue weighted by Crippen LogP contribution is -2.16. The van der Waals surface area contributed by atoms with E-state index in [0.29, 0.717) is 0 Å². The highest BCUT2D eigenvalue weighted by Crippen LogP contribution is 2.55. The zero-order valence-electron chi connectivity index (χ0n) is 32.1. The highest BCUT2D eigenvalue weighted by atomic mass is 32.1. The Balaban J connectivity index is 1.07. The minimum absolute atomic E-state index is 0.0366. The predicted octanol–water partition coefficient (Wildman–Crippen LogP) is 15.5. The molecule has 56 heavy (non-hydrogen) atoms. The van der Waals surface area contributed by atoms with E-state index in [0.717, 1.165) is 11.4 Å². The van der Waals surface area contributed by atoms with Gasteiger partial charge in [-0.15, -0.1) is 11.3 Å². The number of nitrogens with zero attached hydrogens (tertiary/aromatic N) is 1. The number of hydrogen-bond donors (Lipinski definition) is 0. The van der Waals surface area contributed by atoms with Gasteiger partial charge in [0.05, 0.1) is 5.69 Å². The fourth-order valence-electron chi connectivity index (χ4n) is 9.90. The summed E-state index contributed by atoms with van der Waals surface area (Å²) in [5, 5.41) is 2.65. The Morgan fingerprint density at radius 3 is 1.52 bits per heavy atom. The van der Waals surface area contributed by atoms with Crippen LogP contribution in [0.5, 0.6) is 0 Å². The zero-order chi connectivity index (χ0) is 37.8. The largest absolute Gasteiger partial charge is 0.310 e. The second-order valence-electron chi connectivity index (χ2n) is 16.5. The van der Waals surface area contributed by atoms with Crippen LogP contribution in [0.25, 0.3) is 64.7 Å². The highest BCUT2D eigenvalue weighted by Gasteiger charge is 2.38. The van der Waals surface area contributed by atoms with E-state index in [2.05, 4.69) is 209 Å². The minimum Gasteiger partial charge on any atom is -0.310 e. The summed E-state index contributed by atoms with van der Waals surface area (Å²) in [5.74, 6) is 0. The molecular weight excluding hydrogens is 695 g/mol. The molecule has 11 rings (SSSR count). The smallest absolute Gasteiger partial charge is 0.0543 e. The molecule has 1 nitrogen and oxygen atoms in total. The fraction of sp³-hybridized carbons (Fsp3) is 0.111. The summed E-state index contributed by atoms with van der Waals surface area (Å²) in [5.41, 5.74) is 19.3. The van der Waals surface area contributed by atoms with Gasteiger partial charge in [-0.3, -0.25) is 0 Å². The first kappa shape index (κ1) is 33.1. The van der Waals surface area contributed by atoms with Gasteiger partial charge < -0.3 is 4.90 Å². The lowest BCUT2D eigenvalue weighted by Gasteiger charge is -2.29. The molecule has 0 saturated carbocycles. The van der Waals surface area contributed by atoms with Crippen LogP contribution in [0.4, 0.5) is 17.1 Å². The van der Waals surface area contributed by atoms with E-state index in [9.17, 15) is 0 Å². The van der Waals surface area contributed by atoms with Crippen molar-refractivity contribution in [1.82, 2.24) is 0 Å². The normalized spacial score (nSPS) is 14.4. The third-order valence-electron chi connectivity index (χ3n) is 12.7. The molecule has 2 aliphatic carbocycles. The maximum Gasteiger partial charge on any atom is 0.0543 e. The molecule has 0 radical (unpaired) electrons. The van der Waals surface area contributed by atoms with Crippen molar-refractivity contribution in [3.8, 4) is 44.5 Å². The van der Waals surface area contributed by atoms with Gasteiger partial charge in [-0.05, 0) is 97.6 Å². The molecule has 0 atom stereocenters. The summed E-state index contributed by atoms with van der Waals surface area (Å²) >= 11 is 1.89. The van der Waals surface area contributed by atoms with Crippen molar-refractivity contribution in [2.75, 3.05) is 4.90 Å². The Morgan fingerprint density at radius 2 is 0.839 bits per heavy atom. The van der Waals surface area contributed by atoms with E-state index < -0.39 is 0 Å². The highest BCUT2D eigenvalue weighted by molar-refractivity contribution is 7.26. The number of hydrogen-bond acceptors (Lipinski definition) is 2. The Kier molecular flexibility index (Phi) is 7.18. The molecule has 0 bridgehead atoms. The van der Waals surface area contributed by atoms with E-state index in [1.807, 2.05) is 11.3 Å². The molecule has 0 spiro atoms. The molecule has 8 aromatic carbocycles. The molecule has 1 aromatic heterocycles. The van der Waals surface area contributed by atoms with Gasteiger partial charge in [-0.1, -0.05) is 167 Å². The molecule has 0 saturated heterocycles. The molecule has 268 valence electrons. The van der Waals surface area contributed by atoms with Gasteiger partial charge in [0.1, 0.15) is 0 Å². The van der Waals surface area contributed by atoms with Gasteiger partial charge in [-0.2, -0.15) is 0 Å². The van der Waals surface area contributed by atoms with Gasteiger partial charge in [0, 0.05) is 47.9 Å². The predicted molar refractivity (Wildman–Crippen MR) is 240 cm³/mol. The van der Waals surface area contributed by atoms with Crippen LogP contribution >= 0.6 is 11.3 Å². The Hall–Kier alpha value is -6.22. The number of rotatable bonds is 5. The van der Waals surface area contributed by atoms with Crippen LogP contribution in [0, 0.1) is 0 Å². The average Bonchev–Trinajstić information content (AvgIpc) is 3.82. The van der Waals surface area contributed by atoms with Crippen LogP contribution in [0.3, 0.4) is 0 Å². The van der Waals surface area contributed by atoms with Crippen molar-refractivity contribution in [2.45, 2.75) is 38.5 Å². The van der Waals surface area contributed by atoms with Crippen molar-refractivity contribution >= 4 is 48.6 Å². The standard InChI is InChI=1S/C54H41NS/c1-53(2)44-20-8-5-15-42(44)50-38(17-12-22-46(50)53)34-26-30-36(31-27-34)55(48-24-13-23-47-51(48)43-16-6-9-21-45(43)54(47,3)4)37-32-28-35(29-33-37)39-18-11-19-41-40-14-7-10-25-49(40)56-52(39)41/h5-33H,1-4H3. The first-order chi connectivity index (χ1) is 27.3. The third-order valence-corrected chi connectivity index (χ3v) is 13.9. The maximum atomic E-state index is 2.47. The molecule has 0 N–H and O–H groups in total. The SMILES string of the molecule is CC1(C)c2ccccc2-c2c(-c3ccc(N(c4ccc(-c5cccc6c5sc5ccccc56)cc4)c4cccc5c4-c4ccccc4C5(C)C)cc3)cccc21. The summed E-state index contributed by atoms with van der Waals surface area (Å²) < 4.78 is 2.67. The van der Waals surface area contributed by atoms with E-state index >= 15 is 0 Å². The van der Waals surface area contributed by atoms with Gasteiger partial charge in [0.2, 0.25) is 0 Å².